The predicted molar refractivity (Wildman–Crippen MR) is 44.2 cm³/mol. The molecule has 0 amide bonds. The number of hydrogen-bond donors (Lipinski definition) is 1. The molecule has 0 aromatic rings. The number of nitrogens with zero attached hydrogens (tertiary/aromatic N) is 1. The molecule has 1 saturated heterocycles. The van der Waals surface area contributed by atoms with Gasteiger partial charge in [-0.25, -0.2) is 4.39 Å². The molecule has 0 aliphatic carbocycles. The van der Waals surface area contributed by atoms with Crippen molar-refractivity contribution in [1.82, 2.24) is 4.90 Å². The monoisotopic (exact) mass is 160 g/mol. The fourth-order valence-corrected chi connectivity index (χ4v) is 1.53. The summed E-state index contributed by atoms with van der Waals surface area (Å²) in [6.45, 7) is 5.55. The van der Waals surface area contributed by atoms with E-state index in [1.165, 1.54) is 0 Å². The largest absolute Gasteiger partial charge is 0.326 e. The number of nitrogens with two attached hydrogens (primary N) is 1. The second-order valence-corrected chi connectivity index (χ2v) is 3.64. The van der Waals surface area contributed by atoms with Crippen LogP contribution in [-0.2, 0) is 0 Å². The van der Waals surface area contributed by atoms with Crippen LogP contribution in [0.5, 0.6) is 0 Å². The average molecular weight is 160 g/mol. The van der Waals surface area contributed by atoms with Gasteiger partial charge in [-0.05, 0) is 20.3 Å². The molecule has 66 valence electrons. The van der Waals surface area contributed by atoms with Crippen molar-refractivity contribution in [2.24, 2.45) is 5.73 Å². The van der Waals surface area contributed by atoms with Gasteiger partial charge in [0.2, 0.25) is 0 Å². The highest BCUT2D eigenvalue weighted by Gasteiger charge is 2.25. The minimum absolute atomic E-state index is 0.0288. The molecule has 1 aliphatic rings. The standard InChI is InChI=1S/C8H17FN2/c1-6(2)11-4-7(9)3-8(10)5-11/h6-8H,3-5,10H2,1-2H3/t7-,8+/m0/s1. The van der Waals surface area contributed by atoms with E-state index in [0.717, 1.165) is 6.54 Å². The number of alkyl halides is 1. The fraction of sp³-hybridized carbons (Fsp3) is 1.00. The average Bonchev–Trinajstić information content (AvgIpc) is 1.85. The molecule has 2 atom stereocenters. The van der Waals surface area contributed by atoms with Gasteiger partial charge < -0.3 is 5.73 Å². The Balaban J connectivity index is 2.43. The lowest BCUT2D eigenvalue weighted by atomic mass is 10.0. The molecule has 0 aromatic heterocycles. The van der Waals surface area contributed by atoms with Gasteiger partial charge in [0.1, 0.15) is 6.17 Å². The van der Waals surface area contributed by atoms with Crippen LogP contribution in [-0.4, -0.2) is 36.2 Å². The quantitative estimate of drug-likeness (QED) is 0.614. The van der Waals surface area contributed by atoms with E-state index in [1.807, 2.05) is 0 Å². The van der Waals surface area contributed by atoms with E-state index >= 15 is 0 Å². The van der Waals surface area contributed by atoms with Crippen molar-refractivity contribution >= 4 is 0 Å². The van der Waals surface area contributed by atoms with Crippen molar-refractivity contribution in [3.8, 4) is 0 Å². The van der Waals surface area contributed by atoms with E-state index in [-0.39, 0.29) is 6.04 Å². The van der Waals surface area contributed by atoms with E-state index in [1.54, 1.807) is 0 Å². The number of rotatable bonds is 1. The Hall–Kier alpha value is -0.150. The van der Waals surface area contributed by atoms with E-state index < -0.39 is 6.17 Å². The second-order valence-electron chi connectivity index (χ2n) is 3.64. The van der Waals surface area contributed by atoms with E-state index in [4.69, 9.17) is 5.73 Å². The van der Waals surface area contributed by atoms with Crippen molar-refractivity contribution < 1.29 is 4.39 Å². The Morgan fingerprint density at radius 3 is 2.55 bits per heavy atom. The van der Waals surface area contributed by atoms with Crippen LogP contribution in [0.4, 0.5) is 4.39 Å². The maximum Gasteiger partial charge on any atom is 0.114 e. The molecule has 0 aromatic carbocycles. The Bertz CT molecular complexity index is 117. The summed E-state index contributed by atoms with van der Waals surface area (Å²) in [5, 5.41) is 0. The fourth-order valence-electron chi connectivity index (χ4n) is 1.53. The van der Waals surface area contributed by atoms with Crippen molar-refractivity contribution in [2.45, 2.75) is 38.5 Å². The smallest absolute Gasteiger partial charge is 0.114 e. The minimum Gasteiger partial charge on any atom is -0.326 e. The highest BCUT2D eigenvalue weighted by atomic mass is 19.1. The van der Waals surface area contributed by atoms with Gasteiger partial charge in [-0.1, -0.05) is 0 Å². The molecule has 1 aliphatic heterocycles. The Morgan fingerprint density at radius 1 is 1.45 bits per heavy atom. The lowest BCUT2D eigenvalue weighted by Gasteiger charge is -2.35. The minimum atomic E-state index is -0.721. The maximum absolute atomic E-state index is 12.9. The third kappa shape index (κ3) is 2.42. The molecule has 0 unspecified atom stereocenters. The molecule has 0 radical (unpaired) electrons. The van der Waals surface area contributed by atoms with Crippen molar-refractivity contribution in [2.75, 3.05) is 13.1 Å². The molecule has 3 heteroatoms. The summed E-state index contributed by atoms with van der Waals surface area (Å²) in [4.78, 5) is 2.10. The third-order valence-electron chi connectivity index (χ3n) is 2.19. The molecule has 0 spiro atoms. The molecule has 2 N–H and O–H groups in total. The van der Waals surface area contributed by atoms with Crippen LogP contribution in [0.15, 0.2) is 0 Å². The van der Waals surface area contributed by atoms with E-state index in [2.05, 4.69) is 18.7 Å². The van der Waals surface area contributed by atoms with Crippen LogP contribution in [0, 0.1) is 0 Å². The van der Waals surface area contributed by atoms with Gasteiger partial charge in [0.05, 0.1) is 0 Å². The number of likely N-dealkylation sites (tertiary alicyclic amines) is 1. The van der Waals surface area contributed by atoms with Crippen molar-refractivity contribution in [3.63, 3.8) is 0 Å². The molecular formula is C8H17FN2. The zero-order valence-electron chi connectivity index (χ0n) is 7.26. The normalized spacial score (nSPS) is 34.6. The Kier molecular flexibility index (Phi) is 2.84. The first kappa shape index (κ1) is 8.94. The number of piperidine rings is 1. The molecule has 2 nitrogen and oxygen atoms in total. The summed E-state index contributed by atoms with van der Waals surface area (Å²) in [7, 11) is 0. The van der Waals surface area contributed by atoms with Crippen LogP contribution in [0.25, 0.3) is 0 Å². The Morgan fingerprint density at radius 2 is 2.09 bits per heavy atom. The molecule has 1 fully saturated rings. The van der Waals surface area contributed by atoms with Crippen molar-refractivity contribution in [1.29, 1.82) is 0 Å². The maximum atomic E-state index is 12.9. The summed E-state index contributed by atoms with van der Waals surface area (Å²) in [5.41, 5.74) is 5.67. The van der Waals surface area contributed by atoms with Crippen LogP contribution < -0.4 is 5.73 Å². The summed E-state index contributed by atoms with van der Waals surface area (Å²) in [6, 6.07) is 0.445. The van der Waals surface area contributed by atoms with Gasteiger partial charge in [0.15, 0.2) is 0 Å². The van der Waals surface area contributed by atoms with E-state index in [9.17, 15) is 4.39 Å². The molecule has 1 rings (SSSR count). The van der Waals surface area contributed by atoms with Gasteiger partial charge in [-0.2, -0.15) is 0 Å². The van der Waals surface area contributed by atoms with Crippen LogP contribution in [0.3, 0.4) is 0 Å². The van der Waals surface area contributed by atoms with Gasteiger partial charge in [-0.3, -0.25) is 4.90 Å². The number of halogens is 1. The molecular weight excluding hydrogens is 143 g/mol. The highest BCUT2D eigenvalue weighted by molar-refractivity contribution is 4.82. The van der Waals surface area contributed by atoms with Gasteiger partial charge in [0, 0.05) is 25.2 Å². The molecule has 11 heavy (non-hydrogen) atoms. The zero-order chi connectivity index (χ0) is 8.43. The lowest BCUT2D eigenvalue weighted by molar-refractivity contribution is 0.0987. The lowest BCUT2D eigenvalue weighted by Crippen LogP contribution is -2.50. The van der Waals surface area contributed by atoms with Gasteiger partial charge in [0.25, 0.3) is 0 Å². The number of hydrogen-bond acceptors (Lipinski definition) is 2. The second kappa shape index (κ2) is 3.50. The molecule has 1 heterocycles. The summed E-state index contributed by atoms with van der Waals surface area (Å²) in [5.74, 6) is 0. The first-order chi connectivity index (χ1) is 5.09. The summed E-state index contributed by atoms with van der Waals surface area (Å²) in [6.07, 6.45) is -0.190. The first-order valence-electron chi connectivity index (χ1n) is 4.23. The van der Waals surface area contributed by atoms with Crippen LogP contribution >= 0.6 is 0 Å². The Labute approximate surface area is 67.6 Å². The topological polar surface area (TPSA) is 29.3 Å². The predicted octanol–water partition coefficient (Wildman–Crippen LogP) is 0.766. The highest BCUT2D eigenvalue weighted by Crippen LogP contribution is 2.14. The van der Waals surface area contributed by atoms with Gasteiger partial charge in [-0.15, -0.1) is 0 Å². The molecule has 0 saturated carbocycles. The van der Waals surface area contributed by atoms with Crippen LogP contribution in [0.2, 0.25) is 0 Å². The summed E-state index contributed by atoms with van der Waals surface area (Å²) >= 11 is 0. The molecule has 0 bridgehead atoms. The van der Waals surface area contributed by atoms with E-state index in [0.29, 0.717) is 19.0 Å². The SMILES string of the molecule is CC(C)N1C[C@H](N)C[C@H](F)C1. The van der Waals surface area contributed by atoms with Crippen LogP contribution in [0.1, 0.15) is 20.3 Å². The third-order valence-corrected chi connectivity index (χ3v) is 2.19. The first-order valence-corrected chi connectivity index (χ1v) is 4.23. The van der Waals surface area contributed by atoms with Gasteiger partial charge >= 0.3 is 0 Å². The van der Waals surface area contributed by atoms with Crippen molar-refractivity contribution in [3.05, 3.63) is 0 Å². The zero-order valence-corrected chi connectivity index (χ0v) is 7.26. The summed E-state index contributed by atoms with van der Waals surface area (Å²) < 4.78 is 12.9.